The average Bonchev–Trinajstić information content (AvgIpc) is 2.99. The van der Waals surface area contributed by atoms with E-state index in [4.69, 9.17) is 4.98 Å². The van der Waals surface area contributed by atoms with Crippen molar-refractivity contribution in [1.82, 2.24) is 15.3 Å². The molecule has 5 rings (SSSR count). The van der Waals surface area contributed by atoms with Gasteiger partial charge in [-0.1, -0.05) is 60.3 Å². The number of hydrogen-bond acceptors (Lipinski definition) is 6. The number of hydrogen-bond donors (Lipinski definition) is 1. The summed E-state index contributed by atoms with van der Waals surface area (Å²) in [7, 11) is 0. The molecule has 4 aromatic rings. The molecule has 1 N–H and O–H groups in total. The summed E-state index contributed by atoms with van der Waals surface area (Å²) in [4.78, 5) is 26.1. The van der Waals surface area contributed by atoms with Gasteiger partial charge in [0.2, 0.25) is 0 Å². The van der Waals surface area contributed by atoms with Gasteiger partial charge >= 0.3 is 6.18 Å². The maximum atomic E-state index is 13.1. The zero-order valence-electron chi connectivity index (χ0n) is 22.6. The van der Waals surface area contributed by atoms with Crippen LogP contribution in [0.15, 0.2) is 90.1 Å². The van der Waals surface area contributed by atoms with Crippen molar-refractivity contribution < 1.29 is 18.0 Å². The third kappa shape index (κ3) is 7.58. The number of carbonyl (C=O) groups is 1. The number of nitrogens with zero attached hydrogens (tertiary/aromatic N) is 4. The topological polar surface area (TPSA) is 61.4 Å². The molecule has 0 unspecified atom stereocenters. The predicted octanol–water partition coefficient (Wildman–Crippen LogP) is 6.35. The van der Waals surface area contributed by atoms with Crippen molar-refractivity contribution >= 4 is 29.2 Å². The molecule has 1 fully saturated rings. The smallest absolute Gasteiger partial charge is 0.368 e. The molecule has 41 heavy (non-hydrogen) atoms. The molecule has 1 saturated heterocycles. The van der Waals surface area contributed by atoms with Crippen LogP contribution in [0.1, 0.15) is 32.7 Å². The van der Waals surface area contributed by atoms with E-state index in [1.165, 1.54) is 23.9 Å². The van der Waals surface area contributed by atoms with E-state index in [9.17, 15) is 18.0 Å². The Labute approximate surface area is 241 Å². The second-order valence-corrected chi connectivity index (χ2v) is 10.8. The van der Waals surface area contributed by atoms with Crippen LogP contribution in [0.5, 0.6) is 0 Å². The van der Waals surface area contributed by atoms with Gasteiger partial charge in [-0.3, -0.25) is 4.79 Å². The first kappa shape index (κ1) is 28.5. The molecule has 3 aromatic carbocycles. The number of piperazine rings is 1. The lowest BCUT2D eigenvalue weighted by Gasteiger charge is -2.37. The van der Waals surface area contributed by atoms with E-state index in [0.29, 0.717) is 54.9 Å². The Balaban J connectivity index is 1.18. The van der Waals surface area contributed by atoms with Gasteiger partial charge in [-0.05, 0) is 48.4 Å². The maximum Gasteiger partial charge on any atom is 0.416 e. The lowest BCUT2D eigenvalue weighted by atomic mass is 10.1. The summed E-state index contributed by atoms with van der Waals surface area (Å²) in [5, 5.41) is 3.60. The standard InChI is InChI=1S/C31H30F3N5OS/c1-22-17-28(39-15-13-38(14-16-39)27-12-6-11-26(19-27)31(32,33)34)37-30(36-22)41-21-24-9-5-10-25(18-24)29(40)35-20-23-7-3-2-4-8-23/h2-12,17-19H,13-16,20-21H2,1H3,(H,35,40). The third-order valence-electron chi connectivity index (χ3n) is 6.82. The predicted molar refractivity (Wildman–Crippen MR) is 156 cm³/mol. The molecule has 1 aromatic heterocycles. The Morgan fingerprint density at radius 2 is 1.56 bits per heavy atom. The Bertz CT molecular complexity index is 1490. The minimum atomic E-state index is -4.36. The van der Waals surface area contributed by atoms with Crippen LogP contribution in [0, 0.1) is 6.92 Å². The van der Waals surface area contributed by atoms with E-state index in [0.717, 1.165) is 28.7 Å². The van der Waals surface area contributed by atoms with Gasteiger partial charge in [-0.15, -0.1) is 0 Å². The first-order chi connectivity index (χ1) is 19.7. The number of anilines is 2. The summed E-state index contributed by atoms with van der Waals surface area (Å²) in [5.41, 5.74) is 3.41. The highest BCUT2D eigenvalue weighted by Crippen LogP contribution is 2.32. The number of nitrogens with one attached hydrogen (secondary N) is 1. The van der Waals surface area contributed by atoms with Crippen molar-refractivity contribution in [2.24, 2.45) is 0 Å². The third-order valence-corrected chi connectivity index (χ3v) is 7.73. The van der Waals surface area contributed by atoms with Crippen LogP contribution in [-0.2, 0) is 18.5 Å². The molecule has 2 heterocycles. The number of carbonyl (C=O) groups excluding carboxylic acids is 1. The molecule has 0 bridgehead atoms. The Morgan fingerprint density at radius 1 is 0.854 bits per heavy atom. The molecule has 1 aliphatic rings. The molecule has 0 atom stereocenters. The zero-order valence-corrected chi connectivity index (χ0v) is 23.4. The number of aromatic nitrogens is 2. The van der Waals surface area contributed by atoms with E-state index in [1.807, 2.05) is 66.4 Å². The number of rotatable bonds is 8. The number of aryl methyl sites for hydroxylation is 1. The highest BCUT2D eigenvalue weighted by Gasteiger charge is 2.31. The van der Waals surface area contributed by atoms with E-state index in [-0.39, 0.29) is 5.91 Å². The summed E-state index contributed by atoms with van der Waals surface area (Å²) in [6.45, 7) is 4.84. The van der Waals surface area contributed by atoms with E-state index < -0.39 is 11.7 Å². The fraction of sp³-hybridized carbons (Fsp3) is 0.258. The van der Waals surface area contributed by atoms with Crippen LogP contribution < -0.4 is 15.1 Å². The number of thioether (sulfide) groups is 1. The van der Waals surface area contributed by atoms with Crippen molar-refractivity contribution in [3.8, 4) is 0 Å². The SMILES string of the molecule is Cc1cc(N2CCN(c3cccc(C(F)(F)F)c3)CC2)nc(SCc2cccc(C(=O)NCc3ccccc3)c2)n1. The minimum absolute atomic E-state index is 0.126. The summed E-state index contributed by atoms with van der Waals surface area (Å²) in [5.74, 6) is 1.28. The van der Waals surface area contributed by atoms with Gasteiger partial charge in [0.1, 0.15) is 5.82 Å². The number of alkyl halides is 3. The number of amides is 1. The summed E-state index contributed by atoms with van der Waals surface area (Å²) in [6, 6.07) is 24.7. The van der Waals surface area contributed by atoms with Crippen LogP contribution in [0.25, 0.3) is 0 Å². The Kier molecular flexibility index (Phi) is 8.78. The quantitative estimate of drug-likeness (QED) is 0.195. The highest BCUT2D eigenvalue weighted by atomic mass is 32.2. The van der Waals surface area contributed by atoms with Crippen LogP contribution >= 0.6 is 11.8 Å². The maximum absolute atomic E-state index is 13.1. The lowest BCUT2D eigenvalue weighted by molar-refractivity contribution is -0.137. The van der Waals surface area contributed by atoms with Gasteiger partial charge in [0.25, 0.3) is 5.91 Å². The Morgan fingerprint density at radius 3 is 2.32 bits per heavy atom. The molecule has 0 spiro atoms. The first-order valence-corrected chi connectivity index (χ1v) is 14.3. The second kappa shape index (κ2) is 12.6. The fourth-order valence-electron chi connectivity index (χ4n) is 4.65. The molecule has 6 nitrogen and oxygen atoms in total. The van der Waals surface area contributed by atoms with Gasteiger partial charge in [0.15, 0.2) is 5.16 Å². The zero-order chi connectivity index (χ0) is 28.8. The molecule has 1 aliphatic heterocycles. The molecular weight excluding hydrogens is 547 g/mol. The van der Waals surface area contributed by atoms with Crippen molar-refractivity contribution in [3.63, 3.8) is 0 Å². The fourth-order valence-corrected chi connectivity index (χ4v) is 5.50. The minimum Gasteiger partial charge on any atom is -0.368 e. The van der Waals surface area contributed by atoms with Gasteiger partial charge < -0.3 is 15.1 Å². The van der Waals surface area contributed by atoms with Gasteiger partial charge in [0, 0.05) is 61.5 Å². The van der Waals surface area contributed by atoms with Gasteiger partial charge in [-0.25, -0.2) is 9.97 Å². The van der Waals surface area contributed by atoms with Gasteiger partial charge in [-0.2, -0.15) is 13.2 Å². The van der Waals surface area contributed by atoms with Crippen molar-refractivity contribution in [1.29, 1.82) is 0 Å². The molecule has 1 amide bonds. The van der Waals surface area contributed by atoms with E-state index in [2.05, 4.69) is 15.2 Å². The normalized spacial score (nSPS) is 13.8. The average molecular weight is 578 g/mol. The molecule has 10 heteroatoms. The van der Waals surface area contributed by atoms with Crippen molar-refractivity contribution in [2.45, 2.75) is 30.6 Å². The summed E-state index contributed by atoms with van der Waals surface area (Å²) >= 11 is 1.50. The van der Waals surface area contributed by atoms with Crippen molar-refractivity contribution in [2.75, 3.05) is 36.0 Å². The largest absolute Gasteiger partial charge is 0.416 e. The van der Waals surface area contributed by atoms with Crippen LogP contribution in [0.3, 0.4) is 0 Å². The summed E-state index contributed by atoms with van der Waals surface area (Å²) < 4.78 is 39.4. The van der Waals surface area contributed by atoms with Crippen LogP contribution in [0.4, 0.5) is 24.7 Å². The van der Waals surface area contributed by atoms with Crippen molar-refractivity contribution in [3.05, 3.63) is 113 Å². The van der Waals surface area contributed by atoms with E-state index >= 15 is 0 Å². The molecule has 0 aliphatic carbocycles. The Hall–Kier alpha value is -4.05. The number of benzene rings is 3. The second-order valence-electron chi connectivity index (χ2n) is 9.83. The first-order valence-electron chi connectivity index (χ1n) is 13.3. The monoisotopic (exact) mass is 577 g/mol. The van der Waals surface area contributed by atoms with Crippen LogP contribution in [0.2, 0.25) is 0 Å². The lowest BCUT2D eigenvalue weighted by Crippen LogP contribution is -2.47. The van der Waals surface area contributed by atoms with Gasteiger partial charge in [0.05, 0.1) is 5.56 Å². The molecule has 212 valence electrons. The highest BCUT2D eigenvalue weighted by molar-refractivity contribution is 7.98. The summed E-state index contributed by atoms with van der Waals surface area (Å²) in [6.07, 6.45) is -4.36. The molecular formula is C31H30F3N5OS. The number of halogens is 3. The van der Waals surface area contributed by atoms with E-state index in [1.54, 1.807) is 12.1 Å². The molecule has 0 saturated carbocycles. The van der Waals surface area contributed by atoms with Crippen LogP contribution in [-0.4, -0.2) is 42.1 Å². The molecule has 0 radical (unpaired) electrons.